The lowest BCUT2D eigenvalue weighted by molar-refractivity contribution is -0.116. The van der Waals surface area contributed by atoms with E-state index in [2.05, 4.69) is 10.0 Å². The van der Waals surface area contributed by atoms with Crippen LogP contribution in [0.1, 0.15) is 24.8 Å². The van der Waals surface area contributed by atoms with E-state index in [0.717, 1.165) is 5.56 Å². The minimum absolute atomic E-state index is 0.109. The lowest BCUT2D eigenvalue weighted by Crippen LogP contribution is -2.25. The number of hydrogen-bond acceptors (Lipinski definition) is 4. The molecule has 0 aromatic heterocycles. The molecule has 6 nitrogen and oxygen atoms in total. The van der Waals surface area contributed by atoms with Crippen molar-refractivity contribution in [2.75, 3.05) is 25.6 Å². The van der Waals surface area contributed by atoms with Gasteiger partial charge in [0.2, 0.25) is 15.9 Å². The van der Waals surface area contributed by atoms with Gasteiger partial charge in [0.1, 0.15) is 0 Å². The number of benzene rings is 1. The Labute approximate surface area is 118 Å². The van der Waals surface area contributed by atoms with E-state index in [-0.39, 0.29) is 16.7 Å². The van der Waals surface area contributed by atoms with Crippen LogP contribution in [0.5, 0.6) is 0 Å². The highest BCUT2D eigenvalue weighted by Crippen LogP contribution is 2.33. The van der Waals surface area contributed by atoms with Crippen molar-refractivity contribution in [3.63, 3.8) is 0 Å². The molecule has 0 spiro atoms. The number of anilines is 1. The number of nitrogens with one attached hydrogen (secondary N) is 2. The molecule has 0 aliphatic carbocycles. The monoisotopic (exact) mass is 298 g/mol. The molecule has 1 heterocycles. The zero-order chi connectivity index (χ0) is 14.8. The summed E-state index contributed by atoms with van der Waals surface area (Å²) in [5.41, 5.74) is 1.40. The standard InChI is InChI=1S/C13H18N2O4S/c1-9-11-8-10(4-5-12(11)15-13(9)16)20(17,18)14-6-3-7-19-2/h4-5,8-9,14H,3,6-7H2,1-2H3,(H,15,16)/t9-/m0/s1. The van der Waals surface area contributed by atoms with Gasteiger partial charge in [-0.15, -0.1) is 0 Å². The molecule has 1 aliphatic heterocycles. The zero-order valence-electron chi connectivity index (χ0n) is 11.5. The Morgan fingerprint density at radius 3 is 2.85 bits per heavy atom. The van der Waals surface area contributed by atoms with Gasteiger partial charge in [-0.3, -0.25) is 4.79 Å². The fourth-order valence-corrected chi connectivity index (χ4v) is 3.18. The molecule has 0 bridgehead atoms. The van der Waals surface area contributed by atoms with Crippen molar-refractivity contribution in [3.05, 3.63) is 23.8 Å². The maximum atomic E-state index is 12.1. The minimum Gasteiger partial charge on any atom is -0.385 e. The molecule has 0 fully saturated rings. The van der Waals surface area contributed by atoms with Gasteiger partial charge >= 0.3 is 0 Å². The topological polar surface area (TPSA) is 84.5 Å². The van der Waals surface area contributed by atoms with Crippen LogP contribution < -0.4 is 10.0 Å². The van der Waals surface area contributed by atoms with E-state index >= 15 is 0 Å². The van der Waals surface area contributed by atoms with E-state index in [0.29, 0.717) is 25.3 Å². The second-order valence-electron chi connectivity index (χ2n) is 4.70. The molecule has 2 N–H and O–H groups in total. The van der Waals surface area contributed by atoms with Gasteiger partial charge in [0.25, 0.3) is 0 Å². The average Bonchev–Trinajstić information content (AvgIpc) is 2.70. The van der Waals surface area contributed by atoms with Gasteiger partial charge in [-0.05, 0) is 37.1 Å². The van der Waals surface area contributed by atoms with Crippen molar-refractivity contribution < 1.29 is 17.9 Å². The molecular weight excluding hydrogens is 280 g/mol. The van der Waals surface area contributed by atoms with Crippen molar-refractivity contribution in [1.82, 2.24) is 4.72 Å². The first-order valence-electron chi connectivity index (χ1n) is 6.39. The second kappa shape index (κ2) is 5.90. The summed E-state index contributed by atoms with van der Waals surface area (Å²) in [6, 6.07) is 4.67. The summed E-state index contributed by atoms with van der Waals surface area (Å²) in [6.07, 6.45) is 0.608. The van der Waals surface area contributed by atoms with E-state index in [4.69, 9.17) is 4.74 Å². The molecule has 0 saturated carbocycles. The third kappa shape index (κ3) is 3.00. The highest BCUT2D eigenvalue weighted by atomic mass is 32.2. The third-order valence-corrected chi connectivity index (χ3v) is 4.73. The van der Waals surface area contributed by atoms with Crippen LogP contribution in [0.15, 0.2) is 23.1 Å². The number of rotatable bonds is 6. The van der Waals surface area contributed by atoms with Crippen molar-refractivity contribution in [2.45, 2.75) is 24.2 Å². The van der Waals surface area contributed by atoms with Crippen molar-refractivity contribution in [2.24, 2.45) is 0 Å². The molecule has 0 radical (unpaired) electrons. The highest BCUT2D eigenvalue weighted by Gasteiger charge is 2.28. The van der Waals surface area contributed by atoms with Gasteiger partial charge in [0.15, 0.2) is 0 Å². The van der Waals surface area contributed by atoms with Gasteiger partial charge < -0.3 is 10.1 Å². The van der Waals surface area contributed by atoms with Crippen LogP contribution in [0.2, 0.25) is 0 Å². The molecule has 1 aromatic carbocycles. The number of sulfonamides is 1. The first-order valence-corrected chi connectivity index (χ1v) is 7.87. The van der Waals surface area contributed by atoms with Crippen LogP contribution in [-0.4, -0.2) is 34.6 Å². The van der Waals surface area contributed by atoms with Crippen LogP contribution >= 0.6 is 0 Å². The van der Waals surface area contributed by atoms with E-state index in [1.54, 1.807) is 26.2 Å². The molecule has 1 aliphatic rings. The average molecular weight is 298 g/mol. The zero-order valence-corrected chi connectivity index (χ0v) is 12.3. The number of ether oxygens (including phenoxy) is 1. The maximum Gasteiger partial charge on any atom is 0.240 e. The Bertz CT molecular complexity index is 613. The number of fused-ring (bicyclic) bond motifs is 1. The Kier molecular flexibility index (Phi) is 4.42. The summed E-state index contributed by atoms with van der Waals surface area (Å²) in [7, 11) is -1.98. The highest BCUT2D eigenvalue weighted by molar-refractivity contribution is 7.89. The minimum atomic E-state index is -3.55. The van der Waals surface area contributed by atoms with Crippen LogP contribution in [0.25, 0.3) is 0 Å². The molecule has 2 rings (SSSR count). The van der Waals surface area contributed by atoms with E-state index in [9.17, 15) is 13.2 Å². The predicted molar refractivity (Wildman–Crippen MR) is 75.2 cm³/mol. The van der Waals surface area contributed by atoms with Gasteiger partial charge in [-0.25, -0.2) is 13.1 Å². The van der Waals surface area contributed by atoms with E-state index in [1.165, 1.54) is 6.07 Å². The summed E-state index contributed by atoms with van der Waals surface area (Å²) >= 11 is 0. The van der Waals surface area contributed by atoms with Crippen LogP contribution in [-0.2, 0) is 19.6 Å². The molecule has 0 saturated heterocycles. The Hall–Kier alpha value is -1.44. The fraction of sp³-hybridized carbons (Fsp3) is 0.462. The molecule has 1 amide bonds. The predicted octanol–water partition coefficient (Wildman–Crippen LogP) is 1.06. The van der Waals surface area contributed by atoms with E-state index in [1.807, 2.05) is 0 Å². The number of hydrogen-bond donors (Lipinski definition) is 2. The fourth-order valence-electron chi connectivity index (χ4n) is 2.07. The molecule has 1 aromatic rings. The first kappa shape index (κ1) is 15.0. The number of carbonyl (C=O) groups excluding carboxylic acids is 1. The molecule has 7 heteroatoms. The van der Waals surface area contributed by atoms with Crippen molar-refractivity contribution >= 4 is 21.6 Å². The van der Waals surface area contributed by atoms with Crippen LogP contribution in [0, 0.1) is 0 Å². The third-order valence-electron chi connectivity index (χ3n) is 3.27. The number of methoxy groups -OCH3 is 1. The summed E-state index contributed by atoms with van der Waals surface area (Å²) in [5.74, 6) is -0.434. The van der Waals surface area contributed by atoms with Crippen LogP contribution in [0.3, 0.4) is 0 Å². The molecule has 20 heavy (non-hydrogen) atoms. The smallest absolute Gasteiger partial charge is 0.240 e. The summed E-state index contributed by atoms with van der Waals surface area (Å²) in [6.45, 7) is 2.58. The Balaban J connectivity index is 2.16. The van der Waals surface area contributed by atoms with Gasteiger partial charge in [-0.2, -0.15) is 0 Å². The van der Waals surface area contributed by atoms with Crippen molar-refractivity contribution in [3.8, 4) is 0 Å². The van der Waals surface area contributed by atoms with Crippen molar-refractivity contribution in [1.29, 1.82) is 0 Å². The molecule has 1 atom stereocenters. The van der Waals surface area contributed by atoms with Crippen LogP contribution in [0.4, 0.5) is 5.69 Å². The largest absolute Gasteiger partial charge is 0.385 e. The SMILES string of the molecule is COCCCNS(=O)(=O)c1ccc2c(c1)[C@H](C)C(=O)N2. The summed E-state index contributed by atoms with van der Waals surface area (Å²) < 4.78 is 31.6. The first-order chi connectivity index (χ1) is 9.45. The van der Waals surface area contributed by atoms with Gasteiger partial charge in [-0.1, -0.05) is 0 Å². The van der Waals surface area contributed by atoms with Gasteiger partial charge in [0.05, 0.1) is 10.8 Å². The normalized spacial score (nSPS) is 17.9. The maximum absolute atomic E-state index is 12.1. The van der Waals surface area contributed by atoms with E-state index < -0.39 is 10.0 Å². The summed E-state index contributed by atoms with van der Waals surface area (Å²) in [4.78, 5) is 11.7. The number of amides is 1. The molecule has 110 valence electrons. The Morgan fingerprint density at radius 1 is 1.40 bits per heavy atom. The quantitative estimate of drug-likeness (QED) is 0.769. The molecule has 0 unspecified atom stereocenters. The Morgan fingerprint density at radius 2 is 2.15 bits per heavy atom. The summed E-state index contributed by atoms with van der Waals surface area (Å²) in [5, 5.41) is 2.72. The second-order valence-corrected chi connectivity index (χ2v) is 6.47. The van der Waals surface area contributed by atoms with Gasteiger partial charge in [0, 0.05) is 25.9 Å². The lowest BCUT2D eigenvalue weighted by Gasteiger charge is -2.08. The molecular formula is C13H18N2O4S. The lowest BCUT2D eigenvalue weighted by atomic mass is 10.0. The number of carbonyl (C=O) groups is 1.